The molecule has 0 saturated heterocycles. The molecule has 110 valence electrons. The fourth-order valence-corrected chi connectivity index (χ4v) is 1.66. The van der Waals surface area contributed by atoms with E-state index in [-0.39, 0.29) is 18.0 Å². The van der Waals surface area contributed by atoms with Gasteiger partial charge in [-0.1, -0.05) is 0 Å². The maximum absolute atomic E-state index is 11.8. The zero-order chi connectivity index (χ0) is 15.2. The maximum Gasteiger partial charge on any atom is 0.319 e. The van der Waals surface area contributed by atoms with Gasteiger partial charge in [-0.25, -0.2) is 4.79 Å². The topological polar surface area (TPSA) is 83.4 Å². The second-order valence-corrected chi connectivity index (χ2v) is 4.80. The van der Waals surface area contributed by atoms with E-state index in [1.54, 1.807) is 30.3 Å². The number of amides is 3. The molecule has 0 aliphatic rings. The fraction of sp³-hybridized carbons (Fsp3) is 0.200. The zero-order valence-corrected chi connectivity index (χ0v) is 11.8. The lowest BCUT2D eigenvalue weighted by molar-refractivity contribution is 0.102. The van der Waals surface area contributed by atoms with E-state index >= 15 is 0 Å². The van der Waals surface area contributed by atoms with Crippen LogP contribution in [0.3, 0.4) is 0 Å². The molecule has 0 fully saturated rings. The third kappa shape index (κ3) is 4.38. The first-order valence-electron chi connectivity index (χ1n) is 6.56. The van der Waals surface area contributed by atoms with Crippen molar-refractivity contribution in [2.24, 2.45) is 0 Å². The molecule has 1 aromatic heterocycles. The highest BCUT2D eigenvalue weighted by Gasteiger charge is 2.07. The Labute approximate surface area is 122 Å². The normalized spacial score (nSPS) is 10.2. The number of urea groups is 1. The van der Waals surface area contributed by atoms with Crippen LogP contribution in [0.2, 0.25) is 0 Å². The van der Waals surface area contributed by atoms with E-state index in [0.717, 1.165) is 0 Å². The van der Waals surface area contributed by atoms with E-state index in [9.17, 15) is 9.59 Å². The van der Waals surface area contributed by atoms with Crippen LogP contribution >= 0.6 is 0 Å². The standard InChI is InChI=1S/C15H17N3O3/c1-10(2)16-15(20)18-13-5-3-12(4-6-13)17-14(19)11-7-8-21-9-11/h3-10H,1-2H3,(H,17,19)(H2,16,18,20). The molecule has 3 amide bonds. The van der Waals surface area contributed by atoms with Crippen LogP contribution < -0.4 is 16.0 Å². The molecule has 0 radical (unpaired) electrons. The molecular weight excluding hydrogens is 270 g/mol. The molecule has 0 aliphatic heterocycles. The van der Waals surface area contributed by atoms with E-state index in [4.69, 9.17) is 4.42 Å². The summed E-state index contributed by atoms with van der Waals surface area (Å²) in [5, 5.41) is 8.16. The summed E-state index contributed by atoms with van der Waals surface area (Å²) in [6.45, 7) is 3.77. The summed E-state index contributed by atoms with van der Waals surface area (Å²) in [7, 11) is 0. The Kier molecular flexibility index (Phi) is 4.61. The minimum absolute atomic E-state index is 0.0681. The number of furan rings is 1. The quantitative estimate of drug-likeness (QED) is 0.808. The molecule has 21 heavy (non-hydrogen) atoms. The van der Waals surface area contributed by atoms with Crippen LogP contribution in [-0.2, 0) is 0 Å². The van der Waals surface area contributed by atoms with Crippen molar-refractivity contribution in [1.29, 1.82) is 0 Å². The summed E-state index contributed by atoms with van der Waals surface area (Å²) in [5.74, 6) is -0.248. The van der Waals surface area contributed by atoms with Crippen LogP contribution in [0.4, 0.5) is 16.2 Å². The molecule has 1 heterocycles. The number of nitrogens with one attached hydrogen (secondary N) is 3. The van der Waals surface area contributed by atoms with E-state index in [1.807, 2.05) is 13.8 Å². The maximum atomic E-state index is 11.8. The number of anilines is 2. The molecule has 0 atom stereocenters. The van der Waals surface area contributed by atoms with Gasteiger partial charge in [-0.15, -0.1) is 0 Å². The van der Waals surface area contributed by atoms with Crippen molar-refractivity contribution in [3.05, 3.63) is 48.4 Å². The molecule has 6 heteroatoms. The van der Waals surface area contributed by atoms with Crippen molar-refractivity contribution in [1.82, 2.24) is 5.32 Å². The first-order chi connectivity index (χ1) is 10.0. The highest BCUT2D eigenvalue weighted by molar-refractivity contribution is 6.04. The molecule has 0 saturated carbocycles. The summed E-state index contributed by atoms with van der Waals surface area (Å²) in [6, 6.07) is 8.24. The third-order valence-corrected chi connectivity index (χ3v) is 2.60. The van der Waals surface area contributed by atoms with Crippen LogP contribution in [0.15, 0.2) is 47.3 Å². The highest BCUT2D eigenvalue weighted by atomic mass is 16.3. The largest absolute Gasteiger partial charge is 0.472 e. The van der Waals surface area contributed by atoms with Crippen molar-refractivity contribution in [2.45, 2.75) is 19.9 Å². The average Bonchev–Trinajstić information content (AvgIpc) is 2.94. The van der Waals surface area contributed by atoms with Gasteiger partial charge in [0, 0.05) is 17.4 Å². The van der Waals surface area contributed by atoms with Crippen LogP contribution in [0.5, 0.6) is 0 Å². The minimum atomic E-state index is -0.264. The molecule has 0 bridgehead atoms. The smallest absolute Gasteiger partial charge is 0.319 e. The Morgan fingerprint density at radius 2 is 1.62 bits per heavy atom. The average molecular weight is 287 g/mol. The molecule has 2 rings (SSSR count). The van der Waals surface area contributed by atoms with Crippen molar-refractivity contribution >= 4 is 23.3 Å². The fourth-order valence-electron chi connectivity index (χ4n) is 1.66. The lowest BCUT2D eigenvalue weighted by atomic mass is 10.2. The summed E-state index contributed by atoms with van der Waals surface area (Å²) in [6.07, 6.45) is 2.82. The molecule has 0 spiro atoms. The van der Waals surface area contributed by atoms with Crippen molar-refractivity contribution in [3.8, 4) is 0 Å². The van der Waals surface area contributed by atoms with Gasteiger partial charge in [0.15, 0.2) is 0 Å². The lowest BCUT2D eigenvalue weighted by Gasteiger charge is -2.10. The van der Waals surface area contributed by atoms with Gasteiger partial charge in [-0.2, -0.15) is 0 Å². The summed E-state index contributed by atoms with van der Waals surface area (Å²) < 4.78 is 4.85. The Bertz CT molecular complexity index is 604. The number of hydrogen-bond donors (Lipinski definition) is 3. The van der Waals surface area contributed by atoms with E-state index in [1.165, 1.54) is 12.5 Å². The zero-order valence-electron chi connectivity index (χ0n) is 11.8. The van der Waals surface area contributed by atoms with E-state index in [0.29, 0.717) is 16.9 Å². The van der Waals surface area contributed by atoms with Gasteiger partial charge in [-0.3, -0.25) is 4.79 Å². The third-order valence-electron chi connectivity index (χ3n) is 2.60. The molecule has 1 aromatic carbocycles. The Balaban J connectivity index is 1.93. The summed E-state index contributed by atoms with van der Waals surface area (Å²) in [5.41, 5.74) is 1.74. The molecule has 6 nitrogen and oxygen atoms in total. The van der Waals surface area contributed by atoms with Gasteiger partial charge in [0.25, 0.3) is 5.91 Å². The lowest BCUT2D eigenvalue weighted by Crippen LogP contribution is -2.34. The predicted molar refractivity (Wildman–Crippen MR) is 80.4 cm³/mol. The van der Waals surface area contributed by atoms with Crippen LogP contribution in [-0.4, -0.2) is 18.0 Å². The molecule has 0 unspecified atom stereocenters. The number of carbonyl (C=O) groups excluding carboxylic acids is 2. The first-order valence-corrected chi connectivity index (χ1v) is 6.56. The Morgan fingerprint density at radius 3 is 2.14 bits per heavy atom. The van der Waals surface area contributed by atoms with Gasteiger partial charge in [0.05, 0.1) is 11.8 Å². The first kappa shape index (κ1) is 14.6. The van der Waals surface area contributed by atoms with E-state index < -0.39 is 0 Å². The van der Waals surface area contributed by atoms with Crippen molar-refractivity contribution in [3.63, 3.8) is 0 Å². The number of rotatable bonds is 4. The second kappa shape index (κ2) is 6.60. The van der Waals surface area contributed by atoms with Crippen molar-refractivity contribution < 1.29 is 14.0 Å². The predicted octanol–water partition coefficient (Wildman–Crippen LogP) is 3.06. The van der Waals surface area contributed by atoms with Gasteiger partial charge in [0.1, 0.15) is 6.26 Å². The van der Waals surface area contributed by atoms with Gasteiger partial charge < -0.3 is 20.4 Å². The number of carbonyl (C=O) groups is 2. The van der Waals surface area contributed by atoms with Crippen LogP contribution in [0.1, 0.15) is 24.2 Å². The van der Waals surface area contributed by atoms with Crippen LogP contribution in [0, 0.1) is 0 Å². The molecule has 3 N–H and O–H groups in total. The van der Waals surface area contributed by atoms with Gasteiger partial charge in [-0.05, 0) is 44.2 Å². The molecular formula is C15H17N3O3. The number of hydrogen-bond acceptors (Lipinski definition) is 3. The van der Waals surface area contributed by atoms with Gasteiger partial charge >= 0.3 is 6.03 Å². The number of benzene rings is 1. The molecule has 0 aliphatic carbocycles. The van der Waals surface area contributed by atoms with Crippen LogP contribution in [0.25, 0.3) is 0 Å². The monoisotopic (exact) mass is 287 g/mol. The SMILES string of the molecule is CC(C)NC(=O)Nc1ccc(NC(=O)c2ccoc2)cc1. The Morgan fingerprint density at radius 1 is 1.00 bits per heavy atom. The minimum Gasteiger partial charge on any atom is -0.472 e. The highest BCUT2D eigenvalue weighted by Crippen LogP contribution is 2.14. The van der Waals surface area contributed by atoms with Gasteiger partial charge in [0.2, 0.25) is 0 Å². The van der Waals surface area contributed by atoms with E-state index in [2.05, 4.69) is 16.0 Å². The Hall–Kier alpha value is -2.76. The summed E-state index contributed by atoms with van der Waals surface area (Å²) >= 11 is 0. The summed E-state index contributed by atoms with van der Waals surface area (Å²) in [4.78, 5) is 23.3. The van der Waals surface area contributed by atoms with Crippen molar-refractivity contribution in [2.75, 3.05) is 10.6 Å². The second-order valence-electron chi connectivity index (χ2n) is 4.80. The molecule has 2 aromatic rings.